The lowest BCUT2D eigenvalue weighted by Gasteiger charge is -2.33. The highest BCUT2D eigenvalue weighted by Crippen LogP contribution is 2.27. The molecule has 3 aromatic rings. The van der Waals surface area contributed by atoms with Crippen molar-refractivity contribution in [3.8, 4) is 0 Å². The van der Waals surface area contributed by atoms with Gasteiger partial charge in [-0.1, -0.05) is 29.8 Å². The second-order valence-corrected chi connectivity index (χ2v) is 10.4. The summed E-state index contributed by atoms with van der Waals surface area (Å²) in [7, 11) is 0. The molecule has 10 nitrogen and oxygen atoms in total. The molecule has 2 atom stereocenters. The van der Waals surface area contributed by atoms with Crippen LogP contribution in [0.4, 0.5) is 10.7 Å². The Morgan fingerprint density at radius 2 is 2.03 bits per heavy atom. The number of alkyl carbamates (subject to hydrolysis) is 1. The van der Waals surface area contributed by atoms with Gasteiger partial charge in [0, 0.05) is 24.2 Å². The van der Waals surface area contributed by atoms with E-state index in [1.165, 1.54) is 0 Å². The number of nitrogens with zero attached hydrogens (tertiary/aromatic N) is 3. The number of amides is 1. The summed E-state index contributed by atoms with van der Waals surface area (Å²) in [6, 6.07) is 4.81. The number of aromatic nitrogens is 4. The highest BCUT2D eigenvalue weighted by molar-refractivity contribution is 6.32. The Morgan fingerprint density at radius 1 is 1.29 bits per heavy atom. The van der Waals surface area contributed by atoms with Gasteiger partial charge in [0.25, 0.3) is 5.56 Å². The van der Waals surface area contributed by atoms with Crippen LogP contribution in [-0.4, -0.2) is 50.3 Å². The number of hydrogen-bond donors (Lipinski definition) is 3. The first-order valence-electron chi connectivity index (χ1n) is 11.7. The van der Waals surface area contributed by atoms with Crippen molar-refractivity contribution in [1.29, 1.82) is 0 Å². The van der Waals surface area contributed by atoms with Crippen molar-refractivity contribution >= 4 is 34.8 Å². The number of anilines is 1. The van der Waals surface area contributed by atoms with Crippen LogP contribution in [0.3, 0.4) is 0 Å². The molecule has 1 fully saturated rings. The van der Waals surface area contributed by atoms with Gasteiger partial charge >= 0.3 is 11.8 Å². The number of halogens is 1. The van der Waals surface area contributed by atoms with Crippen molar-refractivity contribution in [1.82, 2.24) is 24.8 Å². The average Bonchev–Trinajstić information content (AvgIpc) is 3.18. The van der Waals surface area contributed by atoms with Gasteiger partial charge < -0.3 is 19.9 Å². The molecule has 0 saturated carbocycles. The van der Waals surface area contributed by atoms with Crippen molar-refractivity contribution in [3.63, 3.8) is 0 Å². The van der Waals surface area contributed by atoms with Crippen LogP contribution < -0.4 is 21.5 Å². The third kappa shape index (κ3) is 5.22. The number of fused-ring (bicyclic) bond motifs is 1. The number of piperidine rings is 1. The van der Waals surface area contributed by atoms with E-state index in [9.17, 15) is 14.4 Å². The van der Waals surface area contributed by atoms with Gasteiger partial charge in [0.1, 0.15) is 5.60 Å². The van der Waals surface area contributed by atoms with Gasteiger partial charge in [-0.3, -0.25) is 14.3 Å². The van der Waals surface area contributed by atoms with Crippen molar-refractivity contribution in [2.75, 3.05) is 18.0 Å². The van der Waals surface area contributed by atoms with E-state index in [1.807, 2.05) is 44.7 Å². The summed E-state index contributed by atoms with van der Waals surface area (Å²) in [6.45, 7) is 10.3. The molecule has 3 heterocycles. The predicted octanol–water partition coefficient (Wildman–Crippen LogP) is 3.48. The molecule has 35 heavy (non-hydrogen) atoms. The third-order valence-electron chi connectivity index (χ3n) is 6.07. The van der Waals surface area contributed by atoms with Gasteiger partial charge in [-0.25, -0.2) is 9.59 Å². The molecule has 1 aromatic carbocycles. The molecule has 1 aliphatic rings. The van der Waals surface area contributed by atoms with E-state index in [-0.39, 0.29) is 17.2 Å². The summed E-state index contributed by atoms with van der Waals surface area (Å²) in [4.78, 5) is 50.6. The second-order valence-electron chi connectivity index (χ2n) is 9.97. The maximum absolute atomic E-state index is 13.3. The molecule has 2 unspecified atom stereocenters. The molecule has 2 aromatic heterocycles. The molecule has 1 saturated heterocycles. The standard InChI is InChI=1S/C24H31ClN6O4/c1-13-8-6-10-16(17(13)25)14(2)31-20(32)18-19(29-22(31)33)28-21(27-18)30-11-7-9-15(12-30)26-23(34)35-24(3,4)5/h6,8,10,14-15H,7,9,11-12H2,1-5H3,(H,26,34)(H,27,28)(H,29,33). The highest BCUT2D eigenvalue weighted by atomic mass is 35.5. The van der Waals surface area contributed by atoms with E-state index in [0.29, 0.717) is 29.6 Å². The lowest BCUT2D eigenvalue weighted by Crippen LogP contribution is -2.49. The Bertz CT molecular complexity index is 1370. The third-order valence-corrected chi connectivity index (χ3v) is 6.59. The van der Waals surface area contributed by atoms with Crippen molar-refractivity contribution in [2.24, 2.45) is 0 Å². The first-order valence-corrected chi connectivity index (χ1v) is 12.1. The number of benzene rings is 1. The van der Waals surface area contributed by atoms with Gasteiger partial charge in [0.15, 0.2) is 11.2 Å². The largest absolute Gasteiger partial charge is 0.444 e. The molecule has 0 radical (unpaired) electrons. The Hall–Kier alpha value is -3.27. The molecule has 11 heteroatoms. The predicted molar refractivity (Wildman–Crippen MR) is 136 cm³/mol. The lowest BCUT2D eigenvalue weighted by atomic mass is 10.1. The second kappa shape index (κ2) is 9.41. The monoisotopic (exact) mass is 502 g/mol. The van der Waals surface area contributed by atoms with E-state index in [1.54, 1.807) is 13.0 Å². The van der Waals surface area contributed by atoms with Crippen LogP contribution in [0.1, 0.15) is 57.7 Å². The van der Waals surface area contributed by atoms with Crippen LogP contribution in [-0.2, 0) is 4.74 Å². The van der Waals surface area contributed by atoms with E-state index in [2.05, 4.69) is 20.3 Å². The summed E-state index contributed by atoms with van der Waals surface area (Å²) >= 11 is 6.46. The van der Waals surface area contributed by atoms with Crippen LogP contribution in [0.15, 0.2) is 27.8 Å². The summed E-state index contributed by atoms with van der Waals surface area (Å²) < 4.78 is 6.51. The number of nitrogens with one attached hydrogen (secondary N) is 3. The minimum absolute atomic E-state index is 0.133. The van der Waals surface area contributed by atoms with E-state index in [4.69, 9.17) is 16.3 Å². The van der Waals surface area contributed by atoms with Crippen LogP contribution in [0.5, 0.6) is 0 Å². The first kappa shape index (κ1) is 24.8. The van der Waals surface area contributed by atoms with Crippen molar-refractivity contribution < 1.29 is 9.53 Å². The van der Waals surface area contributed by atoms with Gasteiger partial charge in [0.05, 0.1) is 6.04 Å². The van der Waals surface area contributed by atoms with Crippen molar-refractivity contribution in [3.05, 3.63) is 55.2 Å². The normalized spacial score (nSPS) is 17.4. The molecular weight excluding hydrogens is 472 g/mol. The van der Waals surface area contributed by atoms with Gasteiger partial charge in [-0.05, 0) is 58.6 Å². The van der Waals surface area contributed by atoms with Crippen LogP contribution >= 0.6 is 11.6 Å². The van der Waals surface area contributed by atoms with Crippen LogP contribution in [0.25, 0.3) is 11.2 Å². The van der Waals surface area contributed by atoms with Gasteiger partial charge in [0.2, 0.25) is 5.95 Å². The number of aromatic amines is 2. The highest BCUT2D eigenvalue weighted by Gasteiger charge is 2.27. The molecule has 1 aliphatic heterocycles. The van der Waals surface area contributed by atoms with Gasteiger partial charge in [-0.2, -0.15) is 4.98 Å². The fourth-order valence-corrected chi connectivity index (χ4v) is 4.66. The molecule has 0 bridgehead atoms. The minimum Gasteiger partial charge on any atom is -0.444 e. The number of rotatable bonds is 4. The molecule has 188 valence electrons. The van der Waals surface area contributed by atoms with E-state index in [0.717, 1.165) is 23.0 Å². The number of ether oxygens (including phenoxy) is 1. The summed E-state index contributed by atoms with van der Waals surface area (Å²) in [5, 5.41) is 3.42. The Morgan fingerprint density at radius 3 is 2.74 bits per heavy atom. The topological polar surface area (TPSA) is 125 Å². The Balaban J connectivity index is 1.61. The zero-order chi connectivity index (χ0) is 25.5. The number of hydrogen-bond acceptors (Lipinski definition) is 6. The lowest BCUT2D eigenvalue weighted by molar-refractivity contribution is 0.0500. The fraction of sp³-hybridized carbons (Fsp3) is 0.500. The summed E-state index contributed by atoms with van der Waals surface area (Å²) in [6.07, 6.45) is 1.15. The molecule has 0 spiro atoms. The van der Waals surface area contributed by atoms with E-state index < -0.39 is 29.0 Å². The zero-order valence-corrected chi connectivity index (χ0v) is 21.3. The molecule has 3 N–H and O–H groups in total. The van der Waals surface area contributed by atoms with Crippen molar-refractivity contribution in [2.45, 2.75) is 65.1 Å². The summed E-state index contributed by atoms with van der Waals surface area (Å²) in [5.41, 5.74) is 0.327. The number of imidazole rings is 1. The quantitative estimate of drug-likeness (QED) is 0.501. The fourth-order valence-electron chi connectivity index (χ4n) is 4.38. The summed E-state index contributed by atoms with van der Waals surface area (Å²) in [5.74, 6) is 0.461. The SMILES string of the molecule is Cc1cccc(C(C)n2c(=O)[nH]c3nc(N4CCCC(NC(=O)OC(C)(C)C)C4)[nH]c3c2=O)c1Cl. The minimum atomic E-state index is -0.581. The number of carbonyl (C=O) groups is 1. The van der Waals surface area contributed by atoms with Crippen LogP contribution in [0, 0.1) is 6.92 Å². The zero-order valence-electron chi connectivity index (χ0n) is 20.6. The number of aryl methyl sites for hydroxylation is 1. The Labute approximate surface area is 207 Å². The number of H-pyrrole nitrogens is 2. The first-order chi connectivity index (χ1) is 16.4. The van der Waals surface area contributed by atoms with Gasteiger partial charge in [-0.15, -0.1) is 0 Å². The molecule has 0 aliphatic carbocycles. The average molecular weight is 503 g/mol. The molecule has 4 rings (SSSR count). The number of carbonyl (C=O) groups excluding carboxylic acids is 1. The smallest absolute Gasteiger partial charge is 0.407 e. The molecule has 1 amide bonds. The van der Waals surface area contributed by atoms with E-state index >= 15 is 0 Å². The Kier molecular flexibility index (Phi) is 6.68. The molecular formula is C24H31ClN6O4. The van der Waals surface area contributed by atoms with Crippen LogP contribution in [0.2, 0.25) is 5.02 Å². The maximum atomic E-state index is 13.3. The maximum Gasteiger partial charge on any atom is 0.407 e.